The highest BCUT2D eigenvalue weighted by Gasteiger charge is 2.35. The summed E-state index contributed by atoms with van der Waals surface area (Å²) in [6.07, 6.45) is -1.58. The second-order valence-corrected chi connectivity index (χ2v) is 4.63. The Balaban J connectivity index is 2.14. The van der Waals surface area contributed by atoms with Gasteiger partial charge in [0.1, 0.15) is 0 Å². The molecular formula is C10H16F3N3OS. The van der Waals surface area contributed by atoms with Crippen molar-refractivity contribution < 1.29 is 17.9 Å². The van der Waals surface area contributed by atoms with E-state index in [0.717, 1.165) is 25.9 Å². The Bertz CT molecular complexity index is 343. The van der Waals surface area contributed by atoms with Crippen molar-refractivity contribution in [2.45, 2.75) is 32.4 Å². The zero-order valence-electron chi connectivity index (χ0n) is 10.1. The molecule has 4 nitrogen and oxygen atoms in total. The van der Waals surface area contributed by atoms with Crippen LogP contribution >= 0.6 is 11.3 Å². The molecule has 104 valence electrons. The Morgan fingerprint density at radius 3 is 2.56 bits per heavy atom. The van der Waals surface area contributed by atoms with Crippen molar-refractivity contribution in [1.29, 1.82) is 0 Å². The van der Waals surface area contributed by atoms with Crippen molar-refractivity contribution in [3.8, 4) is 0 Å². The van der Waals surface area contributed by atoms with Crippen molar-refractivity contribution in [2.75, 3.05) is 25.1 Å². The highest BCUT2D eigenvalue weighted by molar-refractivity contribution is 7.15. The van der Waals surface area contributed by atoms with E-state index < -0.39 is 11.2 Å². The molecule has 1 aromatic heterocycles. The summed E-state index contributed by atoms with van der Waals surface area (Å²) in [5, 5.41) is 8.56. The molecule has 0 radical (unpaired) electrons. The molecule has 8 heteroatoms. The van der Waals surface area contributed by atoms with Gasteiger partial charge in [-0.25, -0.2) is 0 Å². The van der Waals surface area contributed by atoms with E-state index in [1.165, 1.54) is 0 Å². The van der Waals surface area contributed by atoms with Crippen LogP contribution in [0.3, 0.4) is 0 Å². The number of nitrogens with zero attached hydrogens (tertiary/aromatic N) is 2. The number of anilines is 1. The predicted molar refractivity (Wildman–Crippen MR) is 63.7 cm³/mol. The predicted octanol–water partition coefficient (Wildman–Crippen LogP) is 3.18. The first kappa shape index (κ1) is 15.2. The van der Waals surface area contributed by atoms with Gasteiger partial charge in [-0.05, 0) is 12.8 Å². The topological polar surface area (TPSA) is 47.0 Å². The number of aromatic nitrogens is 2. The van der Waals surface area contributed by atoms with Crippen LogP contribution in [0, 0.1) is 0 Å². The Hall–Kier alpha value is -0.890. The third-order valence-corrected chi connectivity index (χ3v) is 2.98. The van der Waals surface area contributed by atoms with Crippen LogP contribution in [-0.2, 0) is 10.9 Å². The van der Waals surface area contributed by atoms with Crippen LogP contribution in [0.2, 0.25) is 0 Å². The van der Waals surface area contributed by atoms with E-state index in [0.29, 0.717) is 24.5 Å². The van der Waals surface area contributed by atoms with Crippen LogP contribution in [-0.4, -0.2) is 30.0 Å². The molecule has 0 unspecified atom stereocenters. The van der Waals surface area contributed by atoms with Gasteiger partial charge in [0, 0.05) is 19.8 Å². The first-order valence-corrected chi connectivity index (χ1v) is 6.58. The largest absolute Gasteiger partial charge is 0.445 e. The molecular weight excluding hydrogens is 267 g/mol. The molecule has 0 aromatic carbocycles. The smallest absolute Gasteiger partial charge is 0.381 e. The first-order chi connectivity index (χ1) is 8.54. The second-order valence-electron chi connectivity index (χ2n) is 3.66. The number of halogens is 3. The van der Waals surface area contributed by atoms with Crippen LogP contribution in [0.4, 0.5) is 18.3 Å². The summed E-state index contributed by atoms with van der Waals surface area (Å²) in [6, 6.07) is 0. The number of alkyl halides is 3. The molecule has 1 rings (SSSR count). The minimum atomic E-state index is -4.42. The minimum absolute atomic E-state index is 0.191. The van der Waals surface area contributed by atoms with Crippen molar-refractivity contribution >= 4 is 16.5 Å². The van der Waals surface area contributed by atoms with Gasteiger partial charge >= 0.3 is 6.18 Å². The first-order valence-electron chi connectivity index (χ1n) is 5.76. The number of nitrogens with one attached hydrogen (secondary N) is 1. The van der Waals surface area contributed by atoms with E-state index >= 15 is 0 Å². The fourth-order valence-corrected chi connectivity index (χ4v) is 1.76. The SMILES string of the molecule is CCCCOCCCNc1nnc(C(F)(F)F)s1. The van der Waals surface area contributed by atoms with Gasteiger partial charge in [-0.15, -0.1) is 10.2 Å². The van der Waals surface area contributed by atoms with Crippen LogP contribution in [0.5, 0.6) is 0 Å². The summed E-state index contributed by atoms with van der Waals surface area (Å²) in [6.45, 7) is 3.93. The maximum Gasteiger partial charge on any atom is 0.445 e. The monoisotopic (exact) mass is 283 g/mol. The molecule has 0 saturated carbocycles. The molecule has 0 atom stereocenters. The van der Waals surface area contributed by atoms with Crippen molar-refractivity contribution in [1.82, 2.24) is 10.2 Å². The number of hydrogen-bond acceptors (Lipinski definition) is 5. The van der Waals surface area contributed by atoms with E-state index in [4.69, 9.17) is 4.74 Å². The maximum atomic E-state index is 12.2. The van der Waals surface area contributed by atoms with Gasteiger partial charge in [-0.2, -0.15) is 13.2 Å². The molecule has 0 amide bonds. The normalized spacial score (nSPS) is 11.8. The summed E-state index contributed by atoms with van der Waals surface area (Å²) in [5.41, 5.74) is 0. The lowest BCUT2D eigenvalue weighted by atomic mass is 10.4. The van der Waals surface area contributed by atoms with Gasteiger partial charge in [-0.1, -0.05) is 24.7 Å². The quantitative estimate of drug-likeness (QED) is 0.744. The lowest BCUT2D eigenvalue weighted by Crippen LogP contribution is -2.06. The summed E-state index contributed by atoms with van der Waals surface area (Å²) in [7, 11) is 0. The van der Waals surface area contributed by atoms with E-state index in [1.54, 1.807) is 0 Å². The van der Waals surface area contributed by atoms with Crippen LogP contribution in [0.25, 0.3) is 0 Å². The van der Waals surface area contributed by atoms with Crippen LogP contribution < -0.4 is 5.32 Å². The molecule has 0 bridgehead atoms. The average Bonchev–Trinajstić information content (AvgIpc) is 2.76. The zero-order valence-corrected chi connectivity index (χ0v) is 10.9. The van der Waals surface area contributed by atoms with Crippen molar-refractivity contribution in [3.05, 3.63) is 5.01 Å². The molecule has 0 aliphatic rings. The molecule has 0 aliphatic heterocycles. The second kappa shape index (κ2) is 7.52. The average molecular weight is 283 g/mol. The van der Waals surface area contributed by atoms with Crippen LogP contribution in [0.1, 0.15) is 31.2 Å². The van der Waals surface area contributed by atoms with E-state index in [2.05, 4.69) is 22.4 Å². The third-order valence-electron chi connectivity index (χ3n) is 2.05. The van der Waals surface area contributed by atoms with Crippen molar-refractivity contribution in [3.63, 3.8) is 0 Å². The van der Waals surface area contributed by atoms with Crippen molar-refractivity contribution in [2.24, 2.45) is 0 Å². The molecule has 18 heavy (non-hydrogen) atoms. The molecule has 1 heterocycles. The lowest BCUT2D eigenvalue weighted by Gasteiger charge is -2.03. The molecule has 0 spiro atoms. The molecule has 0 aliphatic carbocycles. The van der Waals surface area contributed by atoms with Gasteiger partial charge in [0.05, 0.1) is 0 Å². The van der Waals surface area contributed by atoms with E-state index in [1.807, 2.05) is 0 Å². The van der Waals surface area contributed by atoms with Gasteiger partial charge in [-0.3, -0.25) is 0 Å². The highest BCUT2D eigenvalue weighted by Crippen LogP contribution is 2.32. The van der Waals surface area contributed by atoms with Crippen LogP contribution in [0.15, 0.2) is 0 Å². The number of rotatable bonds is 8. The summed E-state index contributed by atoms with van der Waals surface area (Å²) in [5.74, 6) is 0. The lowest BCUT2D eigenvalue weighted by molar-refractivity contribution is -0.138. The summed E-state index contributed by atoms with van der Waals surface area (Å²) < 4.78 is 42.0. The fraction of sp³-hybridized carbons (Fsp3) is 0.800. The Morgan fingerprint density at radius 2 is 1.94 bits per heavy atom. The molecule has 0 fully saturated rings. The van der Waals surface area contributed by atoms with Gasteiger partial charge in [0.25, 0.3) is 0 Å². The van der Waals surface area contributed by atoms with Gasteiger partial charge < -0.3 is 10.1 Å². The zero-order chi connectivity index (χ0) is 13.4. The standard InChI is InChI=1S/C10H16F3N3OS/c1-2-3-6-17-7-4-5-14-9-16-15-8(18-9)10(11,12)13/h2-7H2,1H3,(H,14,16). The maximum absolute atomic E-state index is 12.2. The van der Waals surface area contributed by atoms with Gasteiger partial charge in [0.15, 0.2) is 0 Å². The number of unbranched alkanes of at least 4 members (excludes halogenated alkanes) is 1. The van der Waals surface area contributed by atoms with Gasteiger partial charge in [0.2, 0.25) is 10.1 Å². The van der Waals surface area contributed by atoms with E-state index in [-0.39, 0.29) is 5.13 Å². The minimum Gasteiger partial charge on any atom is -0.381 e. The highest BCUT2D eigenvalue weighted by atomic mass is 32.1. The fourth-order valence-electron chi connectivity index (χ4n) is 1.13. The summed E-state index contributed by atoms with van der Waals surface area (Å²) in [4.78, 5) is 0. The number of hydrogen-bond donors (Lipinski definition) is 1. The molecule has 0 saturated heterocycles. The summed E-state index contributed by atoms with van der Waals surface area (Å²) >= 11 is 0.513. The third kappa shape index (κ3) is 5.63. The molecule has 1 aromatic rings. The number of ether oxygens (including phenoxy) is 1. The van der Waals surface area contributed by atoms with E-state index in [9.17, 15) is 13.2 Å². The Morgan fingerprint density at radius 1 is 1.22 bits per heavy atom. The Kier molecular flexibility index (Phi) is 6.34. The Labute approximate surface area is 108 Å². The molecule has 1 N–H and O–H groups in total.